The second-order valence-corrected chi connectivity index (χ2v) is 8.25. The highest BCUT2D eigenvalue weighted by atomic mass is 16.5. The third-order valence-corrected chi connectivity index (χ3v) is 6.03. The molecule has 2 fully saturated rings. The van der Waals surface area contributed by atoms with Crippen molar-refractivity contribution in [2.75, 3.05) is 32.8 Å². The number of benzene rings is 1. The van der Waals surface area contributed by atoms with E-state index in [1.807, 2.05) is 4.90 Å². The Morgan fingerprint density at radius 2 is 1.66 bits per heavy atom. The van der Waals surface area contributed by atoms with E-state index in [9.17, 15) is 9.59 Å². The number of carbonyl (C=O) groups excluding carboxylic acids is 2. The van der Waals surface area contributed by atoms with Gasteiger partial charge < -0.3 is 24.0 Å². The van der Waals surface area contributed by atoms with Gasteiger partial charge in [0.05, 0.1) is 32.9 Å². The van der Waals surface area contributed by atoms with Gasteiger partial charge >= 0.3 is 0 Å². The molecule has 7 nitrogen and oxygen atoms in total. The second-order valence-electron chi connectivity index (χ2n) is 8.25. The summed E-state index contributed by atoms with van der Waals surface area (Å²) in [6.07, 6.45) is 2.34. The smallest absolute Gasteiger partial charge is 0.228 e. The first kappa shape index (κ1) is 21.3. The molecular formula is C22H32N2O5. The molecule has 1 aliphatic heterocycles. The van der Waals surface area contributed by atoms with Crippen LogP contribution in [0.15, 0.2) is 12.1 Å². The van der Waals surface area contributed by atoms with Gasteiger partial charge in [0.25, 0.3) is 0 Å². The van der Waals surface area contributed by atoms with Crippen LogP contribution in [0.25, 0.3) is 0 Å². The number of methoxy groups -OCH3 is 3. The van der Waals surface area contributed by atoms with Crippen molar-refractivity contribution in [3.05, 3.63) is 12.1 Å². The van der Waals surface area contributed by atoms with Gasteiger partial charge in [-0.05, 0) is 25.7 Å². The average molecular weight is 405 g/mol. The molecule has 1 saturated carbocycles. The van der Waals surface area contributed by atoms with Crippen LogP contribution >= 0.6 is 0 Å². The van der Waals surface area contributed by atoms with Crippen LogP contribution < -0.4 is 19.1 Å². The van der Waals surface area contributed by atoms with Gasteiger partial charge in [0.15, 0.2) is 11.5 Å². The highest BCUT2D eigenvalue weighted by Gasteiger charge is 2.43. The van der Waals surface area contributed by atoms with E-state index in [1.54, 1.807) is 31.3 Å². The van der Waals surface area contributed by atoms with E-state index in [-0.39, 0.29) is 30.2 Å². The van der Waals surface area contributed by atoms with E-state index in [0.29, 0.717) is 41.4 Å². The Bertz CT molecular complexity index is 749. The van der Waals surface area contributed by atoms with Crippen LogP contribution in [-0.4, -0.2) is 56.7 Å². The van der Waals surface area contributed by atoms with Crippen molar-refractivity contribution in [1.29, 1.82) is 0 Å². The number of nitrogens with zero attached hydrogens (tertiary/aromatic N) is 2. The molecule has 7 heteroatoms. The van der Waals surface area contributed by atoms with Gasteiger partial charge in [-0.25, -0.2) is 0 Å². The van der Waals surface area contributed by atoms with Crippen molar-refractivity contribution in [3.8, 4) is 17.2 Å². The third kappa shape index (κ3) is 4.14. The molecule has 1 aliphatic carbocycles. The molecule has 2 amide bonds. The summed E-state index contributed by atoms with van der Waals surface area (Å²) >= 11 is 0. The average Bonchev–Trinajstić information content (AvgIpc) is 3.46. The molecule has 2 aliphatic rings. The number of hydrogen-bond donors (Lipinski definition) is 0. The molecule has 1 heterocycles. The fourth-order valence-corrected chi connectivity index (χ4v) is 3.94. The summed E-state index contributed by atoms with van der Waals surface area (Å²) in [6.45, 7) is 6.74. The minimum absolute atomic E-state index is 0.0643. The first-order chi connectivity index (χ1) is 13.8. The summed E-state index contributed by atoms with van der Waals surface area (Å²) in [7, 11) is 4.62. The molecule has 0 aromatic heterocycles. The van der Waals surface area contributed by atoms with Gasteiger partial charge in [0, 0.05) is 37.2 Å². The lowest BCUT2D eigenvalue weighted by Gasteiger charge is -2.34. The molecule has 3 rings (SSSR count). The maximum Gasteiger partial charge on any atom is 0.228 e. The number of amides is 2. The van der Waals surface area contributed by atoms with Crippen molar-refractivity contribution in [3.63, 3.8) is 0 Å². The van der Waals surface area contributed by atoms with Crippen LogP contribution in [-0.2, 0) is 9.59 Å². The Morgan fingerprint density at radius 3 is 2.10 bits per heavy atom. The fourth-order valence-electron chi connectivity index (χ4n) is 3.94. The molecule has 1 saturated heterocycles. The lowest BCUT2D eigenvalue weighted by atomic mass is 10.0. The van der Waals surface area contributed by atoms with Crippen molar-refractivity contribution in [2.24, 2.45) is 11.8 Å². The van der Waals surface area contributed by atoms with Crippen molar-refractivity contribution in [1.82, 2.24) is 4.90 Å². The normalized spacial score (nSPS) is 20.0. The first-order valence-electron chi connectivity index (χ1n) is 10.2. The minimum atomic E-state index is -0.330. The Morgan fingerprint density at radius 1 is 1.07 bits per heavy atom. The Labute approximate surface area is 172 Å². The van der Waals surface area contributed by atoms with Crippen molar-refractivity contribution in [2.45, 2.75) is 52.1 Å². The van der Waals surface area contributed by atoms with E-state index in [2.05, 4.69) is 20.8 Å². The lowest BCUT2D eigenvalue weighted by molar-refractivity contribution is -0.139. The van der Waals surface area contributed by atoms with Crippen molar-refractivity contribution < 1.29 is 23.8 Å². The van der Waals surface area contributed by atoms with E-state index >= 15 is 0 Å². The number of carbonyl (C=O) groups is 2. The fraction of sp³-hybridized carbons (Fsp3) is 0.636. The van der Waals surface area contributed by atoms with Gasteiger partial charge in [-0.15, -0.1) is 0 Å². The van der Waals surface area contributed by atoms with E-state index in [1.165, 1.54) is 7.11 Å². The SMILES string of the molecule is COc1cc(N2CC(C(=O)N(C3CC3)C(C)C(C)C)CC2=O)cc(OC)c1OC. The molecule has 2 atom stereocenters. The zero-order valence-electron chi connectivity index (χ0n) is 18.2. The van der Waals surface area contributed by atoms with E-state index < -0.39 is 0 Å². The monoisotopic (exact) mass is 404 g/mol. The molecule has 1 aromatic carbocycles. The third-order valence-electron chi connectivity index (χ3n) is 6.03. The van der Waals surface area contributed by atoms with E-state index in [0.717, 1.165) is 12.8 Å². The molecule has 2 unspecified atom stereocenters. The number of anilines is 1. The van der Waals surface area contributed by atoms with Crippen molar-refractivity contribution >= 4 is 17.5 Å². The van der Waals surface area contributed by atoms with Gasteiger partial charge in [-0.2, -0.15) is 0 Å². The maximum absolute atomic E-state index is 13.3. The highest BCUT2D eigenvalue weighted by molar-refractivity contribution is 6.01. The Balaban J connectivity index is 1.84. The molecule has 160 valence electrons. The molecular weight excluding hydrogens is 372 g/mol. The molecule has 0 bridgehead atoms. The molecule has 0 spiro atoms. The van der Waals surface area contributed by atoms with Crippen LogP contribution in [0.3, 0.4) is 0 Å². The second kappa shape index (κ2) is 8.51. The predicted octanol–water partition coefficient (Wildman–Crippen LogP) is 3.10. The van der Waals surface area contributed by atoms with Crippen LogP contribution in [0.4, 0.5) is 5.69 Å². The van der Waals surface area contributed by atoms with Crippen LogP contribution in [0.2, 0.25) is 0 Å². The predicted molar refractivity (Wildman–Crippen MR) is 111 cm³/mol. The summed E-state index contributed by atoms with van der Waals surface area (Å²) in [5.41, 5.74) is 0.648. The number of ether oxygens (including phenoxy) is 3. The van der Waals surface area contributed by atoms with Crippen LogP contribution in [0, 0.1) is 11.8 Å². The molecule has 1 aromatic rings. The van der Waals surface area contributed by atoms with E-state index in [4.69, 9.17) is 14.2 Å². The van der Waals surface area contributed by atoms with Gasteiger partial charge in [-0.3, -0.25) is 9.59 Å². The maximum atomic E-state index is 13.3. The standard InChI is InChI=1S/C22H32N2O5/c1-13(2)14(3)24(16-7-8-16)22(26)15-9-20(25)23(12-15)17-10-18(27-4)21(29-6)19(11-17)28-5/h10-11,13-16H,7-9,12H2,1-6H3. The zero-order chi connectivity index (χ0) is 21.3. The van der Waals surface area contributed by atoms with Crippen LogP contribution in [0.1, 0.15) is 40.0 Å². The summed E-state index contributed by atoms with van der Waals surface area (Å²) in [6, 6.07) is 3.99. The summed E-state index contributed by atoms with van der Waals surface area (Å²) in [4.78, 5) is 29.8. The van der Waals surface area contributed by atoms with Gasteiger partial charge in [0.2, 0.25) is 17.6 Å². The topological polar surface area (TPSA) is 68.3 Å². The Hall–Kier alpha value is -2.44. The number of rotatable bonds is 8. The summed E-state index contributed by atoms with van der Waals surface area (Å²) in [5, 5.41) is 0. The largest absolute Gasteiger partial charge is 0.493 e. The number of hydrogen-bond acceptors (Lipinski definition) is 5. The first-order valence-corrected chi connectivity index (χ1v) is 10.2. The minimum Gasteiger partial charge on any atom is -0.493 e. The van der Waals surface area contributed by atoms with Crippen LogP contribution in [0.5, 0.6) is 17.2 Å². The molecule has 0 N–H and O–H groups in total. The molecule has 0 radical (unpaired) electrons. The lowest BCUT2D eigenvalue weighted by Crippen LogP contribution is -2.46. The summed E-state index contributed by atoms with van der Waals surface area (Å²) < 4.78 is 16.2. The Kier molecular flexibility index (Phi) is 6.24. The highest BCUT2D eigenvalue weighted by Crippen LogP contribution is 2.42. The van der Waals surface area contributed by atoms with Gasteiger partial charge in [0.1, 0.15) is 0 Å². The van der Waals surface area contributed by atoms with Gasteiger partial charge in [-0.1, -0.05) is 13.8 Å². The molecule has 29 heavy (non-hydrogen) atoms. The zero-order valence-corrected chi connectivity index (χ0v) is 18.2. The summed E-state index contributed by atoms with van der Waals surface area (Å²) in [5.74, 6) is 1.52. The quantitative estimate of drug-likeness (QED) is 0.666.